The van der Waals surface area contributed by atoms with Gasteiger partial charge in [-0.25, -0.2) is 9.18 Å². The molecule has 2 amide bonds. The fraction of sp³-hybridized carbons (Fsp3) is 0.200. The van der Waals surface area contributed by atoms with Crippen molar-refractivity contribution < 1.29 is 9.18 Å². The van der Waals surface area contributed by atoms with Gasteiger partial charge in [0.15, 0.2) is 5.96 Å². The molecule has 0 aliphatic rings. The third-order valence-corrected chi connectivity index (χ3v) is 2.63. The number of hydrogen-bond acceptors (Lipinski definition) is 2. The lowest BCUT2D eigenvalue weighted by Crippen LogP contribution is -2.38. The zero-order valence-electron chi connectivity index (χ0n) is 9.10. The van der Waals surface area contributed by atoms with Gasteiger partial charge in [0.2, 0.25) is 0 Å². The number of amides is 2. The van der Waals surface area contributed by atoms with Crippen LogP contribution in [0.25, 0.3) is 0 Å². The summed E-state index contributed by atoms with van der Waals surface area (Å²) >= 11 is 3.17. The maximum atomic E-state index is 13.1. The molecule has 0 aromatic heterocycles. The SMILES string of the molecule is CCc1cc(F)cc(Br)c1NC(=O)NC(=N)N. The van der Waals surface area contributed by atoms with Crippen molar-refractivity contribution in [3.8, 4) is 0 Å². The molecule has 1 aromatic rings. The average molecular weight is 303 g/mol. The molecule has 0 spiro atoms. The van der Waals surface area contributed by atoms with Crippen LogP contribution in [0.4, 0.5) is 14.9 Å². The highest BCUT2D eigenvalue weighted by Gasteiger charge is 2.11. The van der Waals surface area contributed by atoms with E-state index in [1.807, 2.05) is 6.92 Å². The van der Waals surface area contributed by atoms with Gasteiger partial charge < -0.3 is 11.1 Å². The van der Waals surface area contributed by atoms with Gasteiger partial charge in [-0.15, -0.1) is 0 Å². The van der Waals surface area contributed by atoms with E-state index < -0.39 is 12.0 Å². The van der Waals surface area contributed by atoms with Crippen LogP contribution in [0.15, 0.2) is 16.6 Å². The molecule has 5 nitrogen and oxygen atoms in total. The van der Waals surface area contributed by atoms with E-state index in [2.05, 4.69) is 26.6 Å². The van der Waals surface area contributed by atoms with Crippen molar-refractivity contribution in [3.63, 3.8) is 0 Å². The largest absolute Gasteiger partial charge is 0.370 e. The molecule has 0 unspecified atom stereocenters. The number of nitrogens with two attached hydrogens (primary N) is 1. The predicted molar refractivity (Wildman–Crippen MR) is 67.5 cm³/mol. The minimum absolute atomic E-state index is 0.383. The third kappa shape index (κ3) is 3.70. The van der Waals surface area contributed by atoms with Crippen molar-refractivity contribution in [1.29, 1.82) is 5.41 Å². The number of guanidine groups is 1. The Labute approximate surface area is 106 Å². The molecule has 1 rings (SSSR count). The summed E-state index contributed by atoms with van der Waals surface area (Å²) in [4.78, 5) is 11.4. The number of carbonyl (C=O) groups is 1. The molecular weight excluding hydrogens is 291 g/mol. The summed E-state index contributed by atoms with van der Waals surface area (Å²) in [6, 6.07) is 1.95. The Kier molecular flexibility index (Phi) is 4.45. The molecule has 0 aliphatic heterocycles. The molecule has 92 valence electrons. The fourth-order valence-electron chi connectivity index (χ4n) is 1.31. The molecule has 1 aromatic carbocycles. The highest BCUT2D eigenvalue weighted by atomic mass is 79.9. The van der Waals surface area contributed by atoms with Crippen molar-refractivity contribution in [3.05, 3.63) is 28.0 Å². The molecular formula is C10H12BrFN4O. The molecule has 0 fully saturated rings. The van der Waals surface area contributed by atoms with Gasteiger partial charge in [-0.1, -0.05) is 6.92 Å². The minimum atomic E-state index is -0.639. The maximum Gasteiger partial charge on any atom is 0.326 e. The Morgan fingerprint density at radius 3 is 2.76 bits per heavy atom. The summed E-state index contributed by atoms with van der Waals surface area (Å²) in [5.74, 6) is -0.843. The standard InChI is InChI=1S/C10H12BrFN4O/c1-2-5-3-6(12)4-7(11)8(5)15-10(17)16-9(13)14/h3-4H,2H2,1H3,(H5,13,14,15,16,17). The number of benzene rings is 1. The number of halogens is 2. The second-order valence-electron chi connectivity index (χ2n) is 3.27. The van der Waals surface area contributed by atoms with E-state index in [1.165, 1.54) is 12.1 Å². The predicted octanol–water partition coefficient (Wildman–Crippen LogP) is 2.17. The molecule has 7 heteroatoms. The van der Waals surface area contributed by atoms with Gasteiger partial charge >= 0.3 is 6.03 Å². The molecule has 0 saturated heterocycles. The summed E-state index contributed by atoms with van der Waals surface area (Å²) in [6.07, 6.45) is 0.562. The van der Waals surface area contributed by atoms with Crippen molar-refractivity contribution in [2.75, 3.05) is 5.32 Å². The monoisotopic (exact) mass is 302 g/mol. The Balaban J connectivity index is 2.97. The smallest absolute Gasteiger partial charge is 0.326 e. The Bertz CT molecular complexity index is 464. The van der Waals surface area contributed by atoms with Crippen LogP contribution < -0.4 is 16.4 Å². The molecule has 5 N–H and O–H groups in total. The van der Waals surface area contributed by atoms with Gasteiger partial charge in [-0.3, -0.25) is 10.7 Å². The third-order valence-electron chi connectivity index (χ3n) is 2.00. The number of nitrogens with one attached hydrogen (secondary N) is 3. The lowest BCUT2D eigenvalue weighted by Gasteiger charge is -2.12. The van der Waals surface area contributed by atoms with E-state index in [0.717, 1.165) is 0 Å². The van der Waals surface area contributed by atoms with Crippen LogP contribution in [0.5, 0.6) is 0 Å². The number of hydrogen-bond donors (Lipinski definition) is 4. The highest BCUT2D eigenvalue weighted by molar-refractivity contribution is 9.10. The first-order valence-electron chi connectivity index (χ1n) is 4.84. The fourth-order valence-corrected chi connectivity index (χ4v) is 1.89. The first-order chi connectivity index (χ1) is 7.93. The Hall–Kier alpha value is -1.63. The second-order valence-corrected chi connectivity index (χ2v) is 4.12. The van der Waals surface area contributed by atoms with Crippen molar-refractivity contribution >= 4 is 33.6 Å². The van der Waals surface area contributed by atoms with Crippen LogP contribution >= 0.6 is 15.9 Å². The van der Waals surface area contributed by atoms with Gasteiger partial charge in [0, 0.05) is 4.47 Å². The summed E-state index contributed by atoms with van der Waals surface area (Å²) in [5, 5.41) is 11.5. The zero-order chi connectivity index (χ0) is 13.0. The van der Waals surface area contributed by atoms with E-state index in [0.29, 0.717) is 22.1 Å². The van der Waals surface area contributed by atoms with Gasteiger partial charge in [0.25, 0.3) is 0 Å². The first kappa shape index (κ1) is 13.4. The zero-order valence-corrected chi connectivity index (χ0v) is 10.7. The van der Waals surface area contributed by atoms with Crippen LogP contribution in [-0.4, -0.2) is 12.0 Å². The Morgan fingerprint density at radius 1 is 1.59 bits per heavy atom. The number of aryl methyl sites for hydroxylation is 1. The molecule has 0 radical (unpaired) electrons. The van der Waals surface area contributed by atoms with Crippen molar-refractivity contribution in [2.45, 2.75) is 13.3 Å². The maximum absolute atomic E-state index is 13.1. The van der Waals surface area contributed by atoms with E-state index in [4.69, 9.17) is 11.1 Å². The molecule has 0 heterocycles. The van der Waals surface area contributed by atoms with E-state index in [1.54, 1.807) is 0 Å². The van der Waals surface area contributed by atoms with E-state index in [-0.39, 0.29) is 5.82 Å². The number of carbonyl (C=O) groups excluding carboxylic acids is 1. The van der Waals surface area contributed by atoms with E-state index in [9.17, 15) is 9.18 Å². The molecule has 0 saturated carbocycles. The van der Waals surface area contributed by atoms with Crippen LogP contribution in [0.1, 0.15) is 12.5 Å². The second kappa shape index (κ2) is 5.62. The molecule has 0 aliphatic carbocycles. The van der Waals surface area contributed by atoms with Gasteiger partial charge in [-0.2, -0.15) is 0 Å². The van der Waals surface area contributed by atoms with Crippen LogP contribution in [-0.2, 0) is 6.42 Å². The van der Waals surface area contributed by atoms with Crippen LogP contribution in [0.2, 0.25) is 0 Å². The summed E-state index contributed by atoms with van der Waals surface area (Å²) in [7, 11) is 0. The van der Waals surface area contributed by atoms with Gasteiger partial charge in [-0.05, 0) is 40.0 Å². The quantitative estimate of drug-likeness (QED) is 0.498. The Morgan fingerprint density at radius 2 is 2.24 bits per heavy atom. The number of rotatable bonds is 2. The van der Waals surface area contributed by atoms with Crippen LogP contribution in [0.3, 0.4) is 0 Å². The highest BCUT2D eigenvalue weighted by Crippen LogP contribution is 2.28. The van der Waals surface area contributed by atoms with Crippen molar-refractivity contribution in [1.82, 2.24) is 5.32 Å². The van der Waals surface area contributed by atoms with Crippen molar-refractivity contribution in [2.24, 2.45) is 5.73 Å². The summed E-state index contributed by atoms with van der Waals surface area (Å²) < 4.78 is 13.6. The van der Waals surface area contributed by atoms with Gasteiger partial charge in [0.05, 0.1) is 5.69 Å². The lowest BCUT2D eigenvalue weighted by atomic mass is 10.1. The summed E-state index contributed by atoms with van der Waals surface area (Å²) in [5.41, 5.74) is 6.13. The number of anilines is 1. The number of urea groups is 1. The summed E-state index contributed by atoms with van der Waals surface area (Å²) in [6.45, 7) is 1.84. The molecule has 17 heavy (non-hydrogen) atoms. The first-order valence-corrected chi connectivity index (χ1v) is 5.63. The topological polar surface area (TPSA) is 91.0 Å². The average Bonchev–Trinajstić information content (AvgIpc) is 2.20. The molecule has 0 bridgehead atoms. The van der Waals surface area contributed by atoms with Crippen LogP contribution in [0, 0.1) is 11.2 Å². The minimum Gasteiger partial charge on any atom is -0.370 e. The molecule has 0 atom stereocenters. The normalized spacial score (nSPS) is 9.82. The lowest BCUT2D eigenvalue weighted by molar-refractivity contribution is 0.256. The van der Waals surface area contributed by atoms with Gasteiger partial charge in [0.1, 0.15) is 5.82 Å². The van der Waals surface area contributed by atoms with E-state index >= 15 is 0 Å².